The van der Waals surface area contributed by atoms with E-state index in [0.29, 0.717) is 0 Å². The summed E-state index contributed by atoms with van der Waals surface area (Å²) in [7, 11) is 0. The lowest BCUT2D eigenvalue weighted by Gasteiger charge is -2.01. The summed E-state index contributed by atoms with van der Waals surface area (Å²) in [5.41, 5.74) is 0. The average molecular weight is 219 g/mol. The Morgan fingerprint density at radius 1 is 1.45 bits per heavy atom. The summed E-state index contributed by atoms with van der Waals surface area (Å²) < 4.78 is 4.00. The zero-order valence-electron chi connectivity index (χ0n) is 5.21. The smallest absolute Gasteiger partial charge is 0.449 e. The molecule has 0 aliphatic rings. The van der Waals surface area contributed by atoms with Crippen molar-refractivity contribution in [3.63, 3.8) is 0 Å². The van der Waals surface area contributed by atoms with Crippen LogP contribution >= 0.6 is 34.8 Å². The van der Waals surface area contributed by atoms with Crippen LogP contribution in [0, 0.1) is 0 Å². The van der Waals surface area contributed by atoms with E-state index in [1.54, 1.807) is 0 Å². The highest BCUT2D eigenvalue weighted by Crippen LogP contribution is 2.14. The van der Waals surface area contributed by atoms with Crippen LogP contribution in [0.5, 0.6) is 0 Å². The van der Waals surface area contributed by atoms with E-state index in [1.165, 1.54) is 6.08 Å². The predicted octanol–water partition coefficient (Wildman–Crippen LogP) is 2.61. The zero-order chi connectivity index (χ0) is 8.85. The lowest BCUT2D eigenvalue weighted by molar-refractivity contribution is 0.128. The van der Waals surface area contributed by atoms with Gasteiger partial charge in [-0.2, -0.15) is 0 Å². The van der Waals surface area contributed by atoms with E-state index >= 15 is 0 Å². The van der Waals surface area contributed by atoms with Crippen molar-refractivity contribution in [2.75, 3.05) is 0 Å². The molecule has 0 saturated carbocycles. The molecule has 11 heavy (non-hydrogen) atoms. The monoisotopic (exact) mass is 218 g/mol. The van der Waals surface area contributed by atoms with E-state index in [2.05, 4.69) is 4.74 Å². The maximum atomic E-state index is 9.77. The standard InChI is InChI=1S/C5H5Cl3O3/c6-3(4(7)8)1-2-11-5(9)10/h1-4H,(H,9,10). The van der Waals surface area contributed by atoms with Crippen LogP contribution in [0.25, 0.3) is 0 Å². The van der Waals surface area contributed by atoms with Gasteiger partial charge in [-0.1, -0.05) is 0 Å². The lowest BCUT2D eigenvalue weighted by atomic mass is 10.5. The molecule has 0 spiro atoms. The van der Waals surface area contributed by atoms with Crippen LogP contribution in [0.15, 0.2) is 12.3 Å². The summed E-state index contributed by atoms with van der Waals surface area (Å²) in [6, 6.07) is 0. The summed E-state index contributed by atoms with van der Waals surface area (Å²) in [5.74, 6) is 0. The number of hydrogen-bond acceptors (Lipinski definition) is 2. The first kappa shape index (κ1) is 10.9. The van der Waals surface area contributed by atoms with Crippen LogP contribution in [0.1, 0.15) is 0 Å². The molecule has 0 saturated heterocycles. The van der Waals surface area contributed by atoms with Crippen molar-refractivity contribution < 1.29 is 14.6 Å². The highest BCUT2D eigenvalue weighted by Gasteiger charge is 2.09. The molecular formula is C5H5Cl3O3. The second-order valence-electron chi connectivity index (χ2n) is 1.49. The van der Waals surface area contributed by atoms with Crippen LogP contribution in [0.4, 0.5) is 4.79 Å². The van der Waals surface area contributed by atoms with Gasteiger partial charge >= 0.3 is 6.16 Å². The molecule has 1 N–H and O–H groups in total. The molecule has 64 valence electrons. The molecule has 0 rings (SSSR count). The van der Waals surface area contributed by atoms with E-state index in [9.17, 15) is 4.79 Å². The van der Waals surface area contributed by atoms with Gasteiger partial charge in [-0.3, -0.25) is 0 Å². The van der Waals surface area contributed by atoms with Gasteiger partial charge in [-0.05, 0) is 6.08 Å². The highest BCUT2D eigenvalue weighted by molar-refractivity contribution is 6.48. The van der Waals surface area contributed by atoms with Gasteiger partial charge in [-0.25, -0.2) is 4.79 Å². The van der Waals surface area contributed by atoms with Gasteiger partial charge in [-0.15, -0.1) is 34.8 Å². The molecular weight excluding hydrogens is 214 g/mol. The number of carboxylic acid groups (broad SMARTS) is 1. The maximum absolute atomic E-state index is 9.77. The molecule has 0 bridgehead atoms. The van der Waals surface area contributed by atoms with Gasteiger partial charge in [0.15, 0.2) is 0 Å². The van der Waals surface area contributed by atoms with Gasteiger partial charge in [0, 0.05) is 0 Å². The third-order valence-corrected chi connectivity index (χ3v) is 1.87. The van der Waals surface area contributed by atoms with Crippen LogP contribution in [-0.2, 0) is 4.74 Å². The van der Waals surface area contributed by atoms with E-state index in [1.807, 2.05) is 0 Å². The molecule has 1 atom stereocenters. The molecule has 0 fully saturated rings. The number of allylic oxidation sites excluding steroid dienone is 1. The van der Waals surface area contributed by atoms with E-state index in [-0.39, 0.29) is 0 Å². The van der Waals surface area contributed by atoms with E-state index in [4.69, 9.17) is 39.9 Å². The van der Waals surface area contributed by atoms with Crippen LogP contribution in [-0.4, -0.2) is 21.5 Å². The number of rotatable bonds is 3. The molecule has 0 heterocycles. The lowest BCUT2D eigenvalue weighted by Crippen LogP contribution is -2.04. The summed E-state index contributed by atoms with van der Waals surface area (Å²) >= 11 is 16.1. The van der Waals surface area contributed by atoms with Crippen LogP contribution < -0.4 is 0 Å². The van der Waals surface area contributed by atoms with Crippen molar-refractivity contribution in [1.29, 1.82) is 0 Å². The Bertz CT molecular complexity index is 157. The molecule has 0 radical (unpaired) electrons. The Kier molecular flexibility index (Phi) is 5.46. The minimum atomic E-state index is -1.41. The quantitative estimate of drug-likeness (QED) is 0.451. The number of ether oxygens (including phenoxy) is 1. The van der Waals surface area contributed by atoms with Crippen molar-refractivity contribution in [2.24, 2.45) is 0 Å². The topological polar surface area (TPSA) is 46.5 Å². The fourth-order valence-electron chi connectivity index (χ4n) is 0.257. The Labute approximate surface area is 78.5 Å². The van der Waals surface area contributed by atoms with Gasteiger partial charge in [0.1, 0.15) is 4.84 Å². The van der Waals surface area contributed by atoms with Crippen molar-refractivity contribution in [3.8, 4) is 0 Å². The van der Waals surface area contributed by atoms with E-state index in [0.717, 1.165) is 6.26 Å². The molecule has 3 nitrogen and oxygen atoms in total. The first-order chi connectivity index (χ1) is 5.04. The third-order valence-electron chi connectivity index (χ3n) is 0.672. The molecule has 1 unspecified atom stereocenters. The van der Waals surface area contributed by atoms with Gasteiger partial charge in [0.25, 0.3) is 0 Å². The number of hydrogen-bond donors (Lipinski definition) is 1. The van der Waals surface area contributed by atoms with Crippen molar-refractivity contribution in [3.05, 3.63) is 12.3 Å². The highest BCUT2D eigenvalue weighted by atomic mass is 35.5. The SMILES string of the molecule is O=C(O)OC=CC(Cl)C(Cl)Cl. The number of carbonyl (C=O) groups is 1. The van der Waals surface area contributed by atoms with E-state index < -0.39 is 16.4 Å². The molecule has 0 aromatic carbocycles. The second kappa shape index (κ2) is 5.52. The van der Waals surface area contributed by atoms with Gasteiger partial charge < -0.3 is 9.84 Å². The third kappa shape index (κ3) is 6.28. The second-order valence-corrected chi connectivity index (χ2v) is 3.16. The Balaban J connectivity index is 3.65. The molecule has 0 aliphatic heterocycles. The van der Waals surface area contributed by atoms with Crippen molar-refractivity contribution in [1.82, 2.24) is 0 Å². The van der Waals surface area contributed by atoms with Crippen LogP contribution in [0.3, 0.4) is 0 Å². The number of alkyl halides is 3. The first-order valence-corrected chi connectivity index (χ1v) is 3.83. The Morgan fingerprint density at radius 2 is 2.00 bits per heavy atom. The van der Waals surface area contributed by atoms with Crippen molar-refractivity contribution >= 4 is 41.0 Å². The largest absolute Gasteiger partial charge is 0.510 e. The Hall–Kier alpha value is -0.120. The summed E-state index contributed by atoms with van der Waals surface area (Å²) in [6.07, 6.45) is 0.740. The minimum Gasteiger partial charge on any atom is -0.449 e. The molecule has 0 aromatic heterocycles. The molecule has 0 amide bonds. The molecule has 6 heteroatoms. The maximum Gasteiger partial charge on any atom is 0.510 e. The summed E-state index contributed by atoms with van der Waals surface area (Å²) in [6.45, 7) is 0. The minimum absolute atomic E-state index is 0.655. The number of halogens is 3. The van der Waals surface area contributed by atoms with Crippen LogP contribution in [0.2, 0.25) is 0 Å². The average Bonchev–Trinajstić information content (AvgIpc) is 1.86. The molecule has 0 aliphatic carbocycles. The van der Waals surface area contributed by atoms with Crippen molar-refractivity contribution in [2.45, 2.75) is 10.2 Å². The molecule has 0 aromatic rings. The van der Waals surface area contributed by atoms with Gasteiger partial charge in [0.05, 0.1) is 11.6 Å². The fourth-order valence-corrected chi connectivity index (χ4v) is 0.484. The van der Waals surface area contributed by atoms with Gasteiger partial charge in [0.2, 0.25) is 0 Å². The predicted molar refractivity (Wildman–Crippen MR) is 43.4 cm³/mol. The fraction of sp³-hybridized carbons (Fsp3) is 0.400. The summed E-state index contributed by atoms with van der Waals surface area (Å²) in [4.78, 5) is 8.98. The normalized spacial score (nSPS) is 13.8. The Morgan fingerprint density at radius 3 is 2.36 bits per heavy atom. The zero-order valence-corrected chi connectivity index (χ0v) is 7.47. The summed E-state index contributed by atoms with van der Waals surface area (Å²) in [5, 5.41) is 7.33. The first-order valence-electron chi connectivity index (χ1n) is 2.52.